The molecule has 1 amide bonds. The monoisotopic (exact) mass is 339 g/mol. The van der Waals surface area contributed by atoms with Crippen LogP contribution >= 0.6 is 11.8 Å². The average molecular weight is 339 g/mol. The smallest absolute Gasteiger partial charge is 0.329 e. The van der Waals surface area contributed by atoms with Gasteiger partial charge >= 0.3 is 5.97 Å². The Kier molecular flexibility index (Phi) is 7.95. The van der Waals surface area contributed by atoms with Crippen LogP contribution in [0, 0.1) is 0 Å². The average Bonchev–Trinajstić information content (AvgIpc) is 2.57. The zero-order chi connectivity index (χ0) is 17.3. The minimum absolute atomic E-state index is 0.230. The maximum Gasteiger partial charge on any atom is 0.329 e. The number of aryl methyl sites for hydroxylation is 1. The van der Waals surface area contributed by atoms with Crippen LogP contribution < -0.4 is 10.1 Å². The Hall–Kier alpha value is -1.69. The first-order valence-electron chi connectivity index (χ1n) is 7.63. The molecule has 1 rings (SSSR count). The number of hydrogen-bond donors (Lipinski definition) is 2. The molecule has 0 radical (unpaired) electrons. The molecule has 6 heteroatoms. The first-order chi connectivity index (χ1) is 11.0. The standard InChI is InChI=1S/C17H25NO4S/c1-4-17(16(20)21,11-12-23-3)18-15(19)10-7-13-5-8-14(22-2)9-6-13/h5-6,8-9H,4,7,10-12H2,1-3H3,(H,18,19)(H,20,21). The minimum atomic E-state index is -1.17. The van der Waals surface area contributed by atoms with Crippen LogP contribution in [0.4, 0.5) is 0 Å². The summed E-state index contributed by atoms with van der Waals surface area (Å²) in [5.74, 6) is 0.267. The Morgan fingerprint density at radius 1 is 1.30 bits per heavy atom. The number of hydrogen-bond acceptors (Lipinski definition) is 4. The van der Waals surface area contributed by atoms with Crippen molar-refractivity contribution in [2.45, 2.75) is 38.1 Å². The van der Waals surface area contributed by atoms with Gasteiger partial charge in [-0.05, 0) is 49.0 Å². The largest absolute Gasteiger partial charge is 0.497 e. The van der Waals surface area contributed by atoms with E-state index in [-0.39, 0.29) is 12.3 Å². The van der Waals surface area contributed by atoms with Gasteiger partial charge in [-0.15, -0.1) is 0 Å². The third kappa shape index (κ3) is 5.78. The van der Waals surface area contributed by atoms with Gasteiger partial charge in [0.2, 0.25) is 5.91 Å². The van der Waals surface area contributed by atoms with Crippen LogP contribution in [-0.2, 0) is 16.0 Å². The molecule has 0 aliphatic heterocycles. The normalized spacial score (nSPS) is 13.2. The highest BCUT2D eigenvalue weighted by molar-refractivity contribution is 7.98. The number of benzene rings is 1. The number of carbonyl (C=O) groups excluding carboxylic acids is 1. The van der Waals surface area contributed by atoms with E-state index in [0.29, 0.717) is 25.0 Å². The van der Waals surface area contributed by atoms with Crippen molar-refractivity contribution < 1.29 is 19.4 Å². The molecular weight excluding hydrogens is 314 g/mol. The summed E-state index contributed by atoms with van der Waals surface area (Å²) in [4.78, 5) is 23.8. The quantitative estimate of drug-likeness (QED) is 0.685. The van der Waals surface area contributed by atoms with E-state index < -0.39 is 11.5 Å². The van der Waals surface area contributed by atoms with E-state index in [2.05, 4.69) is 5.32 Å². The predicted molar refractivity (Wildman–Crippen MR) is 93.1 cm³/mol. The Balaban J connectivity index is 2.62. The molecule has 0 spiro atoms. The molecule has 1 aromatic carbocycles. The zero-order valence-corrected chi connectivity index (χ0v) is 14.7. The van der Waals surface area contributed by atoms with Gasteiger partial charge in [-0.1, -0.05) is 19.1 Å². The van der Waals surface area contributed by atoms with Crippen LogP contribution in [0.2, 0.25) is 0 Å². The fraction of sp³-hybridized carbons (Fsp3) is 0.529. The lowest BCUT2D eigenvalue weighted by Crippen LogP contribution is -2.54. The van der Waals surface area contributed by atoms with Crippen LogP contribution in [0.25, 0.3) is 0 Å². The fourth-order valence-corrected chi connectivity index (χ4v) is 2.85. The summed E-state index contributed by atoms with van der Waals surface area (Å²) < 4.78 is 5.09. The molecule has 128 valence electrons. The number of carbonyl (C=O) groups is 2. The molecule has 0 fully saturated rings. The second-order valence-corrected chi connectivity index (χ2v) is 6.37. The number of methoxy groups -OCH3 is 1. The number of carboxylic acid groups (broad SMARTS) is 1. The summed E-state index contributed by atoms with van der Waals surface area (Å²) in [6.07, 6.45) is 3.55. The van der Waals surface area contributed by atoms with Gasteiger partial charge in [-0.25, -0.2) is 4.79 Å². The van der Waals surface area contributed by atoms with E-state index in [4.69, 9.17) is 4.74 Å². The number of aliphatic carboxylic acids is 1. The number of thioether (sulfide) groups is 1. The molecule has 1 aromatic rings. The van der Waals surface area contributed by atoms with Crippen LogP contribution in [0.15, 0.2) is 24.3 Å². The van der Waals surface area contributed by atoms with Gasteiger partial charge in [0.15, 0.2) is 0 Å². The third-order valence-corrected chi connectivity index (χ3v) is 4.54. The number of nitrogens with one attached hydrogen (secondary N) is 1. The maximum absolute atomic E-state index is 12.2. The van der Waals surface area contributed by atoms with Crippen LogP contribution in [0.1, 0.15) is 31.7 Å². The molecule has 0 aliphatic carbocycles. The summed E-state index contributed by atoms with van der Waals surface area (Å²) in [6, 6.07) is 7.51. The van der Waals surface area contributed by atoms with Gasteiger partial charge in [0, 0.05) is 6.42 Å². The topological polar surface area (TPSA) is 75.6 Å². The van der Waals surface area contributed by atoms with Gasteiger partial charge < -0.3 is 15.2 Å². The van der Waals surface area contributed by atoms with Crippen molar-refractivity contribution in [1.82, 2.24) is 5.32 Å². The number of amides is 1. The summed E-state index contributed by atoms with van der Waals surface area (Å²) in [5, 5.41) is 12.2. The van der Waals surface area contributed by atoms with Gasteiger partial charge in [0.25, 0.3) is 0 Å². The molecule has 1 unspecified atom stereocenters. The fourth-order valence-electron chi connectivity index (χ4n) is 2.30. The van der Waals surface area contributed by atoms with Crippen LogP contribution in [-0.4, -0.2) is 41.6 Å². The number of carboxylic acids is 1. The van der Waals surface area contributed by atoms with Crippen molar-refractivity contribution in [3.8, 4) is 5.75 Å². The van der Waals surface area contributed by atoms with Crippen molar-refractivity contribution in [3.05, 3.63) is 29.8 Å². The Morgan fingerprint density at radius 3 is 2.43 bits per heavy atom. The molecule has 0 aromatic heterocycles. The molecule has 5 nitrogen and oxygen atoms in total. The first-order valence-corrected chi connectivity index (χ1v) is 9.03. The zero-order valence-electron chi connectivity index (χ0n) is 13.9. The van der Waals surface area contributed by atoms with Crippen molar-refractivity contribution >= 4 is 23.6 Å². The summed E-state index contributed by atoms with van der Waals surface area (Å²) in [5.41, 5.74) is -0.150. The molecular formula is C17H25NO4S. The maximum atomic E-state index is 12.2. The van der Waals surface area contributed by atoms with Crippen molar-refractivity contribution in [3.63, 3.8) is 0 Å². The van der Waals surface area contributed by atoms with E-state index >= 15 is 0 Å². The molecule has 0 saturated carbocycles. The van der Waals surface area contributed by atoms with Crippen LogP contribution in [0.3, 0.4) is 0 Å². The lowest BCUT2D eigenvalue weighted by Gasteiger charge is -2.29. The van der Waals surface area contributed by atoms with E-state index in [1.807, 2.05) is 30.5 Å². The van der Waals surface area contributed by atoms with E-state index in [1.165, 1.54) is 0 Å². The van der Waals surface area contributed by atoms with Gasteiger partial charge in [-0.2, -0.15) is 11.8 Å². The second kappa shape index (κ2) is 9.45. The van der Waals surface area contributed by atoms with Crippen molar-refractivity contribution in [1.29, 1.82) is 0 Å². The van der Waals surface area contributed by atoms with Crippen LogP contribution in [0.5, 0.6) is 5.75 Å². The third-order valence-electron chi connectivity index (χ3n) is 3.92. The highest BCUT2D eigenvalue weighted by Gasteiger charge is 2.37. The molecule has 0 heterocycles. The molecule has 1 atom stereocenters. The molecule has 0 aliphatic rings. The predicted octanol–water partition coefficient (Wildman–Crippen LogP) is 2.73. The number of ether oxygens (including phenoxy) is 1. The Bertz CT molecular complexity index is 518. The SMILES string of the molecule is CCC(CCSC)(NC(=O)CCc1ccc(OC)cc1)C(=O)O. The number of rotatable bonds is 10. The first kappa shape index (κ1) is 19.4. The summed E-state index contributed by atoms with van der Waals surface area (Å²) in [6.45, 7) is 1.79. The van der Waals surface area contributed by atoms with Gasteiger partial charge in [0.1, 0.15) is 11.3 Å². The molecule has 23 heavy (non-hydrogen) atoms. The van der Waals surface area contributed by atoms with Crippen molar-refractivity contribution in [2.24, 2.45) is 0 Å². The van der Waals surface area contributed by atoms with E-state index in [1.54, 1.807) is 25.8 Å². The van der Waals surface area contributed by atoms with Gasteiger partial charge in [0.05, 0.1) is 7.11 Å². The highest BCUT2D eigenvalue weighted by Crippen LogP contribution is 2.19. The summed E-state index contributed by atoms with van der Waals surface area (Å²) in [7, 11) is 1.60. The molecule has 0 saturated heterocycles. The van der Waals surface area contributed by atoms with E-state index in [9.17, 15) is 14.7 Å². The minimum Gasteiger partial charge on any atom is -0.497 e. The van der Waals surface area contributed by atoms with Gasteiger partial charge in [-0.3, -0.25) is 4.79 Å². The van der Waals surface area contributed by atoms with E-state index in [0.717, 1.165) is 11.3 Å². The molecule has 2 N–H and O–H groups in total. The lowest BCUT2D eigenvalue weighted by atomic mass is 9.92. The molecule has 0 bridgehead atoms. The second-order valence-electron chi connectivity index (χ2n) is 5.38. The van der Waals surface area contributed by atoms with Crippen molar-refractivity contribution in [2.75, 3.05) is 19.1 Å². The summed E-state index contributed by atoms with van der Waals surface area (Å²) >= 11 is 1.58. The highest BCUT2D eigenvalue weighted by atomic mass is 32.2. The Labute approximate surface area is 141 Å². The Morgan fingerprint density at radius 2 is 1.96 bits per heavy atom. The lowest BCUT2D eigenvalue weighted by molar-refractivity contribution is -0.148.